The molecule has 7 heteroatoms. The topological polar surface area (TPSA) is 39.2 Å². The third kappa shape index (κ3) is 2.94. The van der Waals surface area contributed by atoms with E-state index in [0.717, 1.165) is 13.2 Å². The zero-order valence-corrected chi connectivity index (χ0v) is 9.72. The third-order valence-corrected chi connectivity index (χ3v) is 2.46. The third-order valence-electron chi connectivity index (χ3n) is 1.83. The lowest BCUT2D eigenvalue weighted by Gasteiger charge is -2.06. The number of rotatable bonds is 3. The van der Waals surface area contributed by atoms with Crippen LogP contribution in [0.25, 0.3) is 0 Å². The first-order chi connectivity index (χ1) is 7.45. The Kier molecular flexibility index (Phi) is 4.28. The van der Waals surface area contributed by atoms with E-state index in [2.05, 4.69) is 25.7 Å². The van der Waals surface area contributed by atoms with Crippen LogP contribution in [0.1, 0.15) is 17.6 Å². The van der Waals surface area contributed by atoms with E-state index in [9.17, 15) is 18.0 Å². The van der Waals surface area contributed by atoms with Gasteiger partial charge < -0.3 is 4.74 Å². The molecule has 0 bridgehead atoms. The molecule has 1 aromatic heterocycles. The Hall–Kier alpha value is -1.11. The van der Waals surface area contributed by atoms with Gasteiger partial charge in [0.15, 0.2) is 0 Å². The first-order valence-electron chi connectivity index (χ1n) is 4.15. The molecule has 0 atom stereocenters. The van der Waals surface area contributed by atoms with Crippen LogP contribution in [-0.2, 0) is 16.0 Å². The van der Waals surface area contributed by atoms with E-state index >= 15 is 0 Å². The molecule has 0 saturated heterocycles. The number of aromatic nitrogens is 1. The van der Waals surface area contributed by atoms with Gasteiger partial charge in [-0.25, -0.2) is 13.8 Å². The van der Waals surface area contributed by atoms with Gasteiger partial charge in [0, 0.05) is 5.56 Å². The molecule has 88 valence electrons. The Morgan fingerprint density at radius 3 is 2.75 bits per heavy atom. The van der Waals surface area contributed by atoms with E-state index in [0.29, 0.717) is 0 Å². The van der Waals surface area contributed by atoms with Crippen molar-refractivity contribution in [1.29, 1.82) is 0 Å². The average Bonchev–Trinajstić information content (AvgIpc) is 2.21. The van der Waals surface area contributed by atoms with Gasteiger partial charge in [-0.3, -0.25) is 4.79 Å². The van der Waals surface area contributed by atoms with Crippen LogP contribution in [0.3, 0.4) is 0 Å². The van der Waals surface area contributed by atoms with E-state index in [-0.39, 0.29) is 10.2 Å². The second kappa shape index (κ2) is 5.29. The molecule has 0 fully saturated rings. The zero-order chi connectivity index (χ0) is 12.3. The SMILES string of the molecule is COC(=O)Cc1cc(C(F)F)c(Br)nc1F. The molecule has 0 radical (unpaired) electrons. The summed E-state index contributed by atoms with van der Waals surface area (Å²) in [4.78, 5) is 14.1. The van der Waals surface area contributed by atoms with E-state index in [1.54, 1.807) is 0 Å². The molecule has 0 saturated carbocycles. The minimum atomic E-state index is -2.79. The minimum absolute atomic E-state index is 0.217. The first kappa shape index (κ1) is 13.0. The van der Waals surface area contributed by atoms with Gasteiger partial charge in [0.05, 0.1) is 19.1 Å². The minimum Gasteiger partial charge on any atom is -0.469 e. The van der Waals surface area contributed by atoms with Crippen LogP contribution in [0.15, 0.2) is 10.7 Å². The summed E-state index contributed by atoms with van der Waals surface area (Å²) >= 11 is 2.72. The van der Waals surface area contributed by atoms with Crippen molar-refractivity contribution < 1.29 is 22.7 Å². The maximum absolute atomic E-state index is 13.2. The summed E-state index contributed by atoms with van der Waals surface area (Å²) in [6, 6.07) is 0.897. The molecule has 0 aromatic carbocycles. The van der Waals surface area contributed by atoms with E-state index in [1.165, 1.54) is 0 Å². The monoisotopic (exact) mass is 297 g/mol. The summed E-state index contributed by atoms with van der Waals surface area (Å²) in [7, 11) is 1.13. The molecule has 0 spiro atoms. The number of carbonyl (C=O) groups is 1. The predicted molar refractivity (Wildman–Crippen MR) is 52.6 cm³/mol. The van der Waals surface area contributed by atoms with E-state index < -0.39 is 30.3 Å². The van der Waals surface area contributed by atoms with Gasteiger partial charge in [0.2, 0.25) is 5.95 Å². The standard InChI is InChI=1S/C9H7BrF3NO2/c1-16-6(15)3-4-2-5(8(11)12)7(10)14-9(4)13/h2,8H,3H2,1H3. The van der Waals surface area contributed by atoms with Crippen LogP contribution >= 0.6 is 15.9 Å². The van der Waals surface area contributed by atoms with Crippen molar-refractivity contribution in [2.24, 2.45) is 0 Å². The number of esters is 1. The Morgan fingerprint density at radius 2 is 2.25 bits per heavy atom. The van der Waals surface area contributed by atoms with Crippen molar-refractivity contribution in [1.82, 2.24) is 4.98 Å². The number of carbonyl (C=O) groups excluding carboxylic acids is 1. The number of alkyl halides is 2. The van der Waals surface area contributed by atoms with Crippen molar-refractivity contribution in [2.45, 2.75) is 12.8 Å². The predicted octanol–water partition coefficient (Wildman–Crippen LogP) is 2.64. The van der Waals surface area contributed by atoms with Crippen LogP contribution < -0.4 is 0 Å². The molecule has 0 amide bonds. The number of hydrogen-bond donors (Lipinski definition) is 0. The quantitative estimate of drug-likeness (QED) is 0.636. The van der Waals surface area contributed by atoms with Gasteiger partial charge in [0.25, 0.3) is 6.43 Å². The molecule has 1 aromatic rings. The summed E-state index contributed by atoms with van der Waals surface area (Å²) in [5.41, 5.74) is -0.675. The van der Waals surface area contributed by atoms with Crippen LogP contribution in [0, 0.1) is 5.95 Å². The molecule has 1 rings (SSSR count). The Labute approximate surface area is 97.8 Å². The summed E-state index contributed by atoms with van der Waals surface area (Å²) < 4.78 is 42.1. The van der Waals surface area contributed by atoms with Crippen molar-refractivity contribution in [3.8, 4) is 0 Å². The maximum Gasteiger partial charge on any atom is 0.310 e. The van der Waals surface area contributed by atoms with Crippen LogP contribution in [0.2, 0.25) is 0 Å². The van der Waals surface area contributed by atoms with E-state index in [1.807, 2.05) is 0 Å². The fraction of sp³-hybridized carbons (Fsp3) is 0.333. The fourth-order valence-electron chi connectivity index (χ4n) is 1.03. The molecule has 0 aliphatic heterocycles. The van der Waals surface area contributed by atoms with Gasteiger partial charge in [0.1, 0.15) is 4.60 Å². The Bertz CT molecular complexity index is 412. The largest absolute Gasteiger partial charge is 0.469 e. The number of halogens is 4. The van der Waals surface area contributed by atoms with Gasteiger partial charge in [-0.2, -0.15) is 4.39 Å². The highest BCUT2D eigenvalue weighted by atomic mass is 79.9. The van der Waals surface area contributed by atoms with Crippen LogP contribution in [-0.4, -0.2) is 18.1 Å². The molecule has 1 heterocycles. The van der Waals surface area contributed by atoms with Crippen LogP contribution in [0.4, 0.5) is 13.2 Å². The smallest absolute Gasteiger partial charge is 0.310 e. The highest BCUT2D eigenvalue weighted by Crippen LogP contribution is 2.27. The molecule has 0 aliphatic carbocycles. The van der Waals surface area contributed by atoms with Crippen LogP contribution in [0.5, 0.6) is 0 Å². The molecule has 3 nitrogen and oxygen atoms in total. The molecular weight excluding hydrogens is 291 g/mol. The maximum atomic E-state index is 13.2. The molecular formula is C9H7BrF3NO2. The van der Waals surface area contributed by atoms with E-state index in [4.69, 9.17) is 0 Å². The van der Waals surface area contributed by atoms with Crippen molar-refractivity contribution in [3.63, 3.8) is 0 Å². The number of nitrogens with zero attached hydrogens (tertiary/aromatic N) is 1. The fourth-order valence-corrected chi connectivity index (χ4v) is 1.48. The molecule has 0 N–H and O–H groups in total. The highest BCUT2D eigenvalue weighted by Gasteiger charge is 2.18. The number of pyridine rings is 1. The zero-order valence-electron chi connectivity index (χ0n) is 8.14. The molecule has 0 unspecified atom stereocenters. The highest BCUT2D eigenvalue weighted by molar-refractivity contribution is 9.10. The second-order valence-electron chi connectivity index (χ2n) is 2.87. The molecule has 0 aliphatic rings. The lowest BCUT2D eigenvalue weighted by molar-refractivity contribution is -0.139. The summed E-state index contributed by atoms with van der Waals surface area (Å²) in [5, 5.41) is 0. The second-order valence-corrected chi connectivity index (χ2v) is 3.62. The van der Waals surface area contributed by atoms with Gasteiger partial charge >= 0.3 is 5.97 Å². The van der Waals surface area contributed by atoms with Crippen molar-refractivity contribution >= 4 is 21.9 Å². The summed E-state index contributed by atoms with van der Waals surface area (Å²) in [6.45, 7) is 0. The molecule has 16 heavy (non-hydrogen) atoms. The number of hydrogen-bond acceptors (Lipinski definition) is 3. The summed E-state index contributed by atoms with van der Waals surface area (Å²) in [6.07, 6.45) is -3.22. The van der Waals surface area contributed by atoms with Gasteiger partial charge in [-0.15, -0.1) is 0 Å². The van der Waals surface area contributed by atoms with Gasteiger partial charge in [-0.1, -0.05) is 0 Å². The Morgan fingerprint density at radius 1 is 1.62 bits per heavy atom. The van der Waals surface area contributed by atoms with Gasteiger partial charge in [-0.05, 0) is 22.0 Å². The van der Waals surface area contributed by atoms with Crippen molar-refractivity contribution in [2.75, 3.05) is 7.11 Å². The Balaban J connectivity index is 3.09. The lowest BCUT2D eigenvalue weighted by atomic mass is 10.1. The number of ether oxygens (including phenoxy) is 1. The first-order valence-corrected chi connectivity index (χ1v) is 4.94. The summed E-state index contributed by atoms with van der Waals surface area (Å²) in [5.74, 6) is -1.69. The van der Waals surface area contributed by atoms with Crippen molar-refractivity contribution in [3.05, 3.63) is 27.7 Å². The lowest BCUT2D eigenvalue weighted by Crippen LogP contribution is -2.08. The average molecular weight is 298 g/mol. The number of methoxy groups -OCH3 is 1. The normalized spacial score (nSPS) is 10.6.